The summed E-state index contributed by atoms with van der Waals surface area (Å²) in [4.78, 5) is 12.3. The lowest BCUT2D eigenvalue weighted by Gasteiger charge is -2.17. The maximum absolute atomic E-state index is 12.3. The molecule has 0 aliphatic heterocycles. The first-order valence-corrected chi connectivity index (χ1v) is 7.31. The highest BCUT2D eigenvalue weighted by molar-refractivity contribution is 9.10. The van der Waals surface area contributed by atoms with Gasteiger partial charge < -0.3 is 15.8 Å². The molecule has 0 fully saturated rings. The van der Waals surface area contributed by atoms with E-state index >= 15 is 0 Å². The van der Waals surface area contributed by atoms with Crippen molar-refractivity contribution in [3.8, 4) is 5.75 Å². The van der Waals surface area contributed by atoms with E-state index in [1.54, 1.807) is 25.3 Å². The topological polar surface area (TPSA) is 64.3 Å². The quantitative estimate of drug-likeness (QED) is 0.830. The number of methoxy groups -OCH3 is 1. The third kappa shape index (κ3) is 3.55. The Morgan fingerprint density at radius 3 is 2.67 bits per heavy atom. The Morgan fingerprint density at radius 2 is 2.00 bits per heavy atom. The number of carbonyl (C=O) groups excluding carboxylic acids is 1. The first-order chi connectivity index (χ1) is 10.0. The van der Waals surface area contributed by atoms with Crippen LogP contribution in [0.1, 0.15) is 28.9 Å². The maximum atomic E-state index is 12.3. The summed E-state index contributed by atoms with van der Waals surface area (Å²) in [6.07, 6.45) is 0. The lowest BCUT2D eigenvalue weighted by Crippen LogP contribution is -2.27. The van der Waals surface area contributed by atoms with Gasteiger partial charge in [0.1, 0.15) is 5.75 Å². The molecule has 1 atom stereocenters. The molecule has 2 aromatic rings. The zero-order valence-electron chi connectivity index (χ0n) is 11.9. The molecule has 4 nitrogen and oxygen atoms in total. The lowest BCUT2D eigenvalue weighted by molar-refractivity contribution is 0.0939. The van der Waals surface area contributed by atoms with Gasteiger partial charge >= 0.3 is 0 Å². The summed E-state index contributed by atoms with van der Waals surface area (Å²) < 4.78 is 6.09. The SMILES string of the molecule is COc1ccccc1C(C)NC(=O)c1ccc(Br)c(N)c1. The van der Waals surface area contributed by atoms with Gasteiger partial charge in [0.2, 0.25) is 0 Å². The smallest absolute Gasteiger partial charge is 0.251 e. The maximum Gasteiger partial charge on any atom is 0.251 e. The Balaban J connectivity index is 2.16. The molecule has 1 amide bonds. The predicted octanol–water partition coefficient (Wildman–Crippen LogP) is 3.53. The normalized spacial score (nSPS) is 11.8. The molecule has 3 N–H and O–H groups in total. The molecule has 0 spiro atoms. The average molecular weight is 349 g/mol. The number of hydrogen-bond donors (Lipinski definition) is 2. The molecule has 1 unspecified atom stereocenters. The summed E-state index contributed by atoms with van der Waals surface area (Å²) in [6.45, 7) is 1.91. The van der Waals surface area contributed by atoms with E-state index in [0.29, 0.717) is 11.3 Å². The van der Waals surface area contributed by atoms with Crippen molar-refractivity contribution in [1.82, 2.24) is 5.32 Å². The molecular weight excluding hydrogens is 332 g/mol. The van der Waals surface area contributed by atoms with E-state index in [0.717, 1.165) is 15.8 Å². The van der Waals surface area contributed by atoms with E-state index in [9.17, 15) is 4.79 Å². The standard InChI is InChI=1S/C16H17BrN2O2/c1-10(12-5-3-4-6-15(12)21-2)19-16(20)11-7-8-13(17)14(18)9-11/h3-10H,18H2,1-2H3,(H,19,20). The molecule has 0 aromatic heterocycles. The fourth-order valence-corrected chi connectivity index (χ4v) is 2.31. The lowest BCUT2D eigenvalue weighted by atomic mass is 10.1. The minimum absolute atomic E-state index is 0.168. The van der Waals surface area contributed by atoms with Crippen molar-refractivity contribution in [2.24, 2.45) is 0 Å². The van der Waals surface area contributed by atoms with Gasteiger partial charge in [-0.25, -0.2) is 0 Å². The molecular formula is C16H17BrN2O2. The number of hydrogen-bond acceptors (Lipinski definition) is 3. The van der Waals surface area contributed by atoms with E-state index in [4.69, 9.17) is 10.5 Å². The van der Waals surface area contributed by atoms with Crippen LogP contribution < -0.4 is 15.8 Å². The van der Waals surface area contributed by atoms with Crippen LogP contribution in [0.3, 0.4) is 0 Å². The monoisotopic (exact) mass is 348 g/mol. The molecule has 0 bridgehead atoms. The van der Waals surface area contributed by atoms with Crippen molar-refractivity contribution in [3.05, 3.63) is 58.1 Å². The number of carbonyl (C=O) groups is 1. The van der Waals surface area contributed by atoms with E-state index < -0.39 is 0 Å². The number of nitrogen functional groups attached to an aromatic ring is 1. The average Bonchev–Trinajstić information content (AvgIpc) is 2.49. The van der Waals surface area contributed by atoms with Crippen LogP contribution in [-0.2, 0) is 0 Å². The fourth-order valence-electron chi connectivity index (χ4n) is 2.07. The number of halogens is 1. The summed E-state index contributed by atoms with van der Waals surface area (Å²) in [5, 5.41) is 2.94. The number of nitrogens with one attached hydrogen (secondary N) is 1. The Bertz CT molecular complexity index is 658. The number of ether oxygens (including phenoxy) is 1. The van der Waals surface area contributed by atoms with Gasteiger partial charge in [0.25, 0.3) is 5.91 Å². The highest BCUT2D eigenvalue weighted by Crippen LogP contribution is 2.25. The van der Waals surface area contributed by atoms with Gasteiger partial charge in [0, 0.05) is 21.3 Å². The molecule has 21 heavy (non-hydrogen) atoms. The van der Waals surface area contributed by atoms with Gasteiger partial charge in [0.15, 0.2) is 0 Å². The molecule has 0 aliphatic rings. The summed E-state index contributed by atoms with van der Waals surface area (Å²) in [5.41, 5.74) is 7.79. The molecule has 2 rings (SSSR count). The minimum Gasteiger partial charge on any atom is -0.496 e. The highest BCUT2D eigenvalue weighted by Gasteiger charge is 2.15. The van der Waals surface area contributed by atoms with Crippen LogP contribution in [0.4, 0.5) is 5.69 Å². The van der Waals surface area contributed by atoms with Crippen molar-refractivity contribution >= 4 is 27.5 Å². The van der Waals surface area contributed by atoms with Crippen molar-refractivity contribution < 1.29 is 9.53 Å². The largest absolute Gasteiger partial charge is 0.496 e. The van der Waals surface area contributed by atoms with Crippen LogP contribution in [0.15, 0.2) is 46.9 Å². The molecule has 0 aliphatic carbocycles. The van der Waals surface area contributed by atoms with Gasteiger partial charge in [-0.3, -0.25) is 4.79 Å². The second-order valence-electron chi connectivity index (χ2n) is 4.67. The second kappa shape index (κ2) is 6.63. The summed E-state index contributed by atoms with van der Waals surface area (Å²) in [5.74, 6) is 0.577. The number of rotatable bonds is 4. The molecule has 0 saturated heterocycles. The Morgan fingerprint density at radius 1 is 1.29 bits per heavy atom. The van der Waals surface area contributed by atoms with Crippen LogP contribution in [0.5, 0.6) is 5.75 Å². The second-order valence-corrected chi connectivity index (χ2v) is 5.53. The third-order valence-electron chi connectivity index (χ3n) is 3.21. The van der Waals surface area contributed by atoms with E-state index in [1.807, 2.05) is 31.2 Å². The van der Waals surface area contributed by atoms with Crippen LogP contribution in [0, 0.1) is 0 Å². The molecule has 110 valence electrons. The zero-order chi connectivity index (χ0) is 15.4. The molecule has 2 aromatic carbocycles. The van der Waals surface area contributed by atoms with Crippen molar-refractivity contribution in [3.63, 3.8) is 0 Å². The Labute approximate surface area is 132 Å². The van der Waals surface area contributed by atoms with Crippen LogP contribution >= 0.6 is 15.9 Å². The van der Waals surface area contributed by atoms with Crippen molar-refractivity contribution in [2.45, 2.75) is 13.0 Å². The number of para-hydroxylation sites is 1. The van der Waals surface area contributed by atoms with Crippen LogP contribution in [0.2, 0.25) is 0 Å². The van der Waals surface area contributed by atoms with Gasteiger partial charge in [-0.2, -0.15) is 0 Å². The van der Waals surface area contributed by atoms with Gasteiger partial charge in [-0.15, -0.1) is 0 Å². The molecule has 5 heteroatoms. The number of benzene rings is 2. The fraction of sp³-hybridized carbons (Fsp3) is 0.188. The van der Waals surface area contributed by atoms with Crippen molar-refractivity contribution in [1.29, 1.82) is 0 Å². The highest BCUT2D eigenvalue weighted by atomic mass is 79.9. The van der Waals surface area contributed by atoms with Crippen LogP contribution in [-0.4, -0.2) is 13.0 Å². The summed E-state index contributed by atoms with van der Waals surface area (Å²) in [6, 6.07) is 12.6. The van der Waals surface area contributed by atoms with Crippen LogP contribution in [0.25, 0.3) is 0 Å². The minimum atomic E-state index is -0.174. The molecule has 0 radical (unpaired) electrons. The summed E-state index contributed by atoms with van der Waals surface area (Å²) in [7, 11) is 1.61. The van der Waals surface area contributed by atoms with Gasteiger partial charge in [-0.1, -0.05) is 18.2 Å². The number of anilines is 1. The first-order valence-electron chi connectivity index (χ1n) is 6.51. The molecule has 0 saturated carbocycles. The zero-order valence-corrected chi connectivity index (χ0v) is 13.5. The first kappa shape index (κ1) is 15.4. The Kier molecular flexibility index (Phi) is 4.85. The number of nitrogens with two attached hydrogens (primary N) is 1. The van der Waals surface area contributed by atoms with Gasteiger partial charge in [0.05, 0.1) is 13.2 Å². The van der Waals surface area contributed by atoms with E-state index in [2.05, 4.69) is 21.2 Å². The number of amides is 1. The predicted molar refractivity (Wildman–Crippen MR) is 87.4 cm³/mol. The van der Waals surface area contributed by atoms with E-state index in [-0.39, 0.29) is 11.9 Å². The van der Waals surface area contributed by atoms with Crippen molar-refractivity contribution in [2.75, 3.05) is 12.8 Å². The van der Waals surface area contributed by atoms with E-state index in [1.165, 1.54) is 0 Å². The molecule has 0 heterocycles. The Hall–Kier alpha value is -2.01. The summed E-state index contributed by atoms with van der Waals surface area (Å²) >= 11 is 3.31. The third-order valence-corrected chi connectivity index (χ3v) is 3.93. The van der Waals surface area contributed by atoms with Gasteiger partial charge in [-0.05, 0) is 47.1 Å².